The van der Waals surface area contributed by atoms with Gasteiger partial charge in [0.2, 0.25) is 53.2 Å². The largest absolute Gasteiger partial charge is 0.481 e. The molecule has 0 aliphatic heterocycles. The van der Waals surface area contributed by atoms with Gasteiger partial charge < -0.3 is 58.5 Å². The number of hydrogen-bond acceptors (Lipinski definition) is 11. The fourth-order valence-corrected chi connectivity index (χ4v) is 10.0. The predicted octanol–water partition coefficient (Wildman–Crippen LogP) is 4.77. The minimum absolute atomic E-state index is 0.0230. The summed E-state index contributed by atoms with van der Waals surface area (Å²) in [6, 6.07) is 39.7. The zero-order valence-corrected chi connectivity index (χ0v) is 51.4. The van der Waals surface area contributed by atoms with Crippen molar-refractivity contribution in [3.05, 3.63) is 180 Å². The number of primary amides is 1. The lowest BCUT2D eigenvalue weighted by molar-refractivity contribution is -0.141. The summed E-state index contributed by atoms with van der Waals surface area (Å²) < 4.78 is 0. The molecule has 0 aromatic heterocycles. The number of amides is 9. The summed E-state index contributed by atoms with van der Waals surface area (Å²) in [6.45, 7) is 7.29. The Morgan fingerprint density at radius 1 is 0.407 bits per heavy atom. The van der Waals surface area contributed by atoms with Crippen LogP contribution in [0.1, 0.15) is 77.0 Å². The third kappa shape index (κ3) is 21.9. The maximum atomic E-state index is 14.6. The molecular formula is C69H79N9O13. The van der Waals surface area contributed by atoms with Crippen molar-refractivity contribution in [1.29, 1.82) is 0 Å². The molecule has 0 aliphatic rings. The van der Waals surface area contributed by atoms with E-state index in [-0.39, 0.29) is 25.2 Å². The molecule has 6 rings (SSSR count). The van der Waals surface area contributed by atoms with E-state index in [1.807, 2.05) is 122 Å². The van der Waals surface area contributed by atoms with E-state index in [1.54, 1.807) is 69.3 Å². The molecular weight excluding hydrogens is 1160 g/mol. The van der Waals surface area contributed by atoms with Gasteiger partial charge in [-0.25, -0.2) is 0 Å². The number of carboxylic acids is 2. The van der Waals surface area contributed by atoms with Crippen LogP contribution >= 0.6 is 0 Å². The molecule has 0 heterocycles. The number of rotatable bonds is 33. The van der Waals surface area contributed by atoms with Crippen LogP contribution in [0.15, 0.2) is 164 Å². The number of nitrogens with one attached hydrogen (secondary N) is 8. The molecule has 0 radical (unpaired) electrons. The van der Waals surface area contributed by atoms with Crippen molar-refractivity contribution in [1.82, 2.24) is 42.5 Å². The molecule has 12 N–H and O–H groups in total. The number of carbonyl (C=O) groups is 11. The summed E-state index contributed by atoms with van der Waals surface area (Å²) >= 11 is 0. The van der Waals surface area contributed by atoms with E-state index < -0.39 is 139 Å². The molecule has 478 valence electrons. The molecule has 9 amide bonds. The van der Waals surface area contributed by atoms with Crippen LogP contribution in [0.5, 0.6) is 0 Å². The highest BCUT2D eigenvalue weighted by Gasteiger charge is 2.35. The Labute approximate surface area is 528 Å². The lowest BCUT2D eigenvalue weighted by Gasteiger charge is -2.28. The Morgan fingerprint density at radius 2 is 0.758 bits per heavy atom. The summed E-state index contributed by atoms with van der Waals surface area (Å²) in [5.41, 5.74) is 12.8. The second kappa shape index (κ2) is 34.3. The fraction of sp³-hybridized carbons (Fsp3) is 0.319. The lowest BCUT2D eigenvalue weighted by atomic mass is 9.97. The van der Waals surface area contributed by atoms with Crippen LogP contribution in [0.3, 0.4) is 0 Å². The van der Waals surface area contributed by atoms with Gasteiger partial charge in [-0.15, -0.1) is 0 Å². The van der Waals surface area contributed by atoms with Crippen LogP contribution in [0.4, 0.5) is 0 Å². The van der Waals surface area contributed by atoms with Crippen molar-refractivity contribution < 1.29 is 63.0 Å². The van der Waals surface area contributed by atoms with Crippen molar-refractivity contribution in [2.24, 2.45) is 17.6 Å². The monoisotopic (exact) mass is 1240 g/mol. The van der Waals surface area contributed by atoms with Crippen molar-refractivity contribution >= 4 is 65.1 Å². The van der Waals surface area contributed by atoms with E-state index >= 15 is 0 Å². The molecule has 22 heteroatoms. The zero-order chi connectivity index (χ0) is 66.1. The minimum Gasteiger partial charge on any atom is -0.481 e. The minimum atomic E-state index is -1.95. The van der Waals surface area contributed by atoms with E-state index in [9.17, 15) is 63.0 Å². The average Bonchev–Trinajstić information content (AvgIpc) is 1.62. The van der Waals surface area contributed by atoms with Crippen LogP contribution in [-0.2, 0) is 72.0 Å². The maximum Gasteiger partial charge on any atom is 0.305 e. The van der Waals surface area contributed by atoms with Gasteiger partial charge in [0.25, 0.3) is 0 Å². The Bertz CT molecular complexity index is 3480. The number of carbonyl (C=O) groups excluding carboxylic acids is 9. The normalized spacial score (nSPS) is 13.6. The van der Waals surface area contributed by atoms with Gasteiger partial charge in [0.15, 0.2) is 0 Å². The highest BCUT2D eigenvalue weighted by Crippen LogP contribution is 2.23. The Hall–Kier alpha value is -10.5. The van der Waals surface area contributed by atoms with Gasteiger partial charge in [-0.3, -0.25) is 52.7 Å². The van der Waals surface area contributed by atoms with E-state index in [0.29, 0.717) is 23.1 Å². The standard InChI is InChI=1S/C69H79N9O13/c1-6-42(4)62(63(70)85)78-67(89)55(37-45-24-30-51(31-25-45)48-18-12-8-13-19-48)73-58(80)40-71-69(91)61(41(2)3)77-68(90)56(38-46-26-32-52(33-27-46)49-20-14-9-15-21-49)75-66(88)57(39-60(83)84)76-64(86)53(34-35-59(81)82)74-65(87)54(72-43(5)79)36-44-22-28-50(29-23-44)47-16-10-7-11-17-47/h7-33,41-42,53-57,61-62H,6,34-40H2,1-5H3,(H2,70,85)(H,71,91)(H,72,79)(H,73,80)(H,74,87)(H,75,88)(H,76,86)(H,77,90)(H,78,89)(H,81,82)(H,83,84)/t42-,53-,54-,55-,56-,57-,61-,62-/m0/s1. The molecule has 0 unspecified atom stereocenters. The summed E-state index contributed by atoms with van der Waals surface area (Å²) in [5, 5.41) is 40.2. The van der Waals surface area contributed by atoms with Crippen molar-refractivity contribution in [2.45, 2.75) is 122 Å². The van der Waals surface area contributed by atoms with Gasteiger partial charge in [-0.05, 0) is 68.3 Å². The number of carboxylic acid groups (broad SMARTS) is 2. The average molecular weight is 1240 g/mol. The smallest absolute Gasteiger partial charge is 0.305 e. The van der Waals surface area contributed by atoms with Crippen LogP contribution in [-0.4, -0.2) is 124 Å². The summed E-state index contributed by atoms with van der Waals surface area (Å²) in [4.78, 5) is 148. The SMILES string of the molecule is CC[C@H](C)[C@H](NC(=O)[C@H](Cc1ccc(-c2ccccc2)cc1)NC(=O)CNC(=O)[C@@H](NC(=O)[C@H](Cc1ccc(-c2ccccc2)cc1)NC(=O)[C@H](CC(=O)O)NC(=O)[C@H](CCC(=O)O)NC(=O)[C@H](Cc1ccc(-c2ccccc2)cc1)NC(C)=O)C(C)C)C(N)=O. The fourth-order valence-electron chi connectivity index (χ4n) is 10.0. The summed E-state index contributed by atoms with van der Waals surface area (Å²) in [6.07, 6.45) is -2.09. The highest BCUT2D eigenvalue weighted by atomic mass is 16.4. The van der Waals surface area contributed by atoms with Crippen LogP contribution in [0, 0.1) is 11.8 Å². The van der Waals surface area contributed by atoms with Crippen LogP contribution in [0.25, 0.3) is 33.4 Å². The third-order valence-electron chi connectivity index (χ3n) is 15.3. The van der Waals surface area contributed by atoms with E-state index in [2.05, 4.69) is 42.5 Å². The van der Waals surface area contributed by atoms with Gasteiger partial charge in [-0.1, -0.05) is 198 Å². The molecule has 0 fully saturated rings. The molecule has 8 atom stereocenters. The Morgan fingerprint density at radius 3 is 1.14 bits per heavy atom. The second-order valence-electron chi connectivity index (χ2n) is 22.6. The topological polar surface area (TPSA) is 350 Å². The van der Waals surface area contributed by atoms with Crippen LogP contribution in [0.2, 0.25) is 0 Å². The highest BCUT2D eigenvalue weighted by molar-refractivity contribution is 5.99. The van der Waals surface area contributed by atoms with Gasteiger partial charge in [0.05, 0.1) is 13.0 Å². The van der Waals surface area contributed by atoms with E-state index in [4.69, 9.17) is 5.73 Å². The first-order valence-electron chi connectivity index (χ1n) is 30.0. The van der Waals surface area contributed by atoms with Gasteiger partial charge in [-0.2, -0.15) is 0 Å². The van der Waals surface area contributed by atoms with Crippen molar-refractivity contribution in [3.8, 4) is 33.4 Å². The predicted molar refractivity (Wildman–Crippen MR) is 342 cm³/mol. The van der Waals surface area contributed by atoms with E-state index in [0.717, 1.165) is 33.4 Å². The van der Waals surface area contributed by atoms with Gasteiger partial charge in [0, 0.05) is 32.6 Å². The molecule has 0 saturated carbocycles. The lowest BCUT2D eigenvalue weighted by Crippen LogP contribution is -2.60. The van der Waals surface area contributed by atoms with E-state index in [1.165, 1.54) is 6.92 Å². The van der Waals surface area contributed by atoms with Gasteiger partial charge in [0.1, 0.15) is 42.3 Å². The second-order valence-corrected chi connectivity index (χ2v) is 22.6. The molecule has 22 nitrogen and oxygen atoms in total. The van der Waals surface area contributed by atoms with Crippen LogP contribution < -0.4 is 48.3 Å². The first-order valence-corrected chi connectivity index (χ1v) is 30.0. The summed E-state index contributed by atoms with van der Waals surface area (Å²) in [7, 11) is 0. The Kier molecular flexibility index (Phi) is 26.2. The molecule has 0 aliphatic carbocycles. The zero-order valence-electron chi connectivity index (χ0n) is 51.4. The number of aliphatic carboxylic acids is 2. The number of benzene rings is 6. The first kappa shape index (κ1) is 69.6. The van der Waals surface area contributed by atoms with Crippen molar-refractivity contribution in [2.75, 3.05) is 6.54 Å². The summed E-state index contributed by atoms with van der Waals surface area (Å²) in [5.74, 6) is -11.8. The number of hydrogen-bond donors (Lipinski definition) is 11. The maximum absolute atomic E-state index is 14.6. The molecule has 91 heavy (non-hydrogen) atoms. The Balaban J connectivity index is 1.20. The molecule has 0 bridgehead atoms. The molecule has 6 aromatic carbocycles. The number of nitrogens with two attached hydrogens (primary N) is 1. The first-order chi connectivity index (χ1) is 43.5. The molecule has 0 saturated heterocycles. The third-order valence-corrected chi connectivity index (χ3v) is 15.3. The quantitative estimate of drug-likeness (QED) is 0.0265. The van der Waals surface area contributed by atoms with Gasteiger partial charge >= 0.3 is 11.9 Å². The molecule has 0 spiro atoms. The molecule has 6 aromatic rings. The van der Waals surface area contributed by atoms with Crippen molar-refractivity contribution in [3.63, 3.8) is 0 Å².